The van der Waals surface area contributed by atoms with Gasteiger partial charge in [-0.1, -0.05) is 51.1 Å². The molecule has 0 aliphatic carbocycles. The van der Waals surface area contributed by atoms with Crippen molar-refractivity contribution in [3.8, 4) is 17.2 Å². The fourth-order valence-corrected chi connectivity index (χ4v) is 3.89. The maximum atomic E-state index is 13.1. The van der Waals surface area contributed by atoms with E-state index in [1.54, 1.807) is 7.11 Å². The molecule has 1 N–H and O–H groups in total. The maximum Gasteiger partial charge on any atom is 0.261 e. The van der Waals surface area contributed by atoms with E-state index in [1.165, 1.54) is 0 Å². The number of carbonyl (C=O) groups excluding carboxylic acids is 1. The van der Waals surface area contributed by atoms with Crippen LogP contribution >= 0.6 is 0 Å². The second-order valence-electron chi connectivity index (χ2n) is 7.46. The van der Waals surface area contributed by atoms with Crippen LogP contribution in [0.4, 0.5) is 0 Å². The Kier molecular flexibility index (Phi) is 6.68. The molecule has 3 rings (SSSR count). The zero-order valence-corrected chi connectivity index (χ0v) is 17.7. The third-order valence-electron chi connectivity index (χ3n) is 5.80. The van der Waals surface area contributed by atoms with Crippen molar-refractivity contribution in [1.29, 1.82) is 0 Å². The van der Waals surface area contributed by atoms with Crippen LogP contribution < -0.4 is 19.5 Å². The molecule has 0 saturated carbocycles. The fourth-order valence-electron chi connectivity index (χ4n) is 3.89. The van der Waals surface area contributed by atoms with Crippen LogP contribution in [0.5, 0.6) is 17.2 Å². The van der Waals surface area contributed by atoms with E-state index < -0.39 is 6.10 Å². The number of nitrogens with one attached hydrogen (secondary N) is 1. The number of para-hydroxylation sites is 3. The van der Waals surface area contributed by atoms with Crippen molar-refractivity contribution < 1.29 is 19.0 Å². The van der Waals surface area contributed by atoms with Gasteiger partial charge in [-0.2, -0.15) is 0 Å². The highest BCUT2D eigenvalue weighted by Gasteiger charge is 2.39. The first-order valence-corrected chi connectivity index (χ1v) is 10.4. The first kappa shape index (κ1) is 21.0. The van der Waals surface area contributed by atoms with E-state index >= 15 is 0 Å². The van der Waals surface area contributed by atoms with Gasteiger partial charge in [0.25, 0.3) is 5.91 Å². The van der Waals surface area contributed by atoms with Crippen molar-refractivity contribution in [1.82, 2.24) is 5.32 Å². The topological polar surface area (TPSA) is 56.8 Å². The normalized spacial score (nSPS) is 18.1. The quantitative estimate of drug-likeness (QED) is 0.677. The summed E-state index contributed by atoms with van der Waals surface area (Å²) in [6.07, 6.45) is 2.48. The van der Waals surface area contributed by atoms with Gasteiger partial charge in [0.05, 0.1) is 13.2 Å². The minimum Gasteiger partial charge on any atom is -0.493 e. The standard InChI is InChI=1S/C24H31NO4/c1-5-19(28-22-15-11-10-14-21(22)27-4)23(26)25-18-16-24(6-2,7-3)29-20-13-9-8-12-17(18)20/h8-15,18-19H,5-7,16H2,1-4H3,(H,25,26)/t18-,19+/m0/s1. The molecule has 2 aromatic carbocycles. The highest BCUT2D eigenvalue weighted by atomic mass is 16.5. The number of hydrogen-bond donors (Lipinski definition) is 1. The molecule has 29 heavy (non-hydrogen) atoms. The Morgan fingerprint density at radius 2 is 1.76 bits per heavy atom. The third-order valence-corrected chi connectivity index (χ3v) is 5.80. The molecule has 0 fully saturated rings. The summed E-state index contributed by atoms with van der Waals surface area (Å²) in [4.78, 5) is 13.1. The van der Waals surface area contributed by atoms with E-state index in [0.29, 0.717) is 17.9 Å². The van der Waals surface area contributed by atoms with Gasteiger partial charge < -0.3 is 19.5 Å². The van der Waals surface area contributed by atoms with Gasteiger partial charge in [0, 0.05) is 12.0 Å². The smallest absolute Gasteiger partial charge is 0.261 e. The Morgan fingerprint density at radius 1 is 1.10 bits per heavy atom. The van der Waals surface area contributed by atoms with Gasteiger partial charge in [-0.25, -0.2) is 0 Å². The van der Waals surface area contributed by atoms with Crippen LogP contribution in [0.1, 0.15) is 58.1 Å². The molecule has 1 aliphatic heterocycles. The van der Waals surface area contributed by atoms with E-state index in [-0.39, 0.29) is 17.6 Å². The zero-order valence-electron chi connectivity index (χ0n) is 17.7. The molecule has 0 unspecified atom stereocenters. The summed E-state index contributed by atoms with van der Waals surface area (Å²) in [5, 5.41) is 3.22. The number of amides is 1. The third kappa shape index (κ3) is 4.50. The number of methoxy groups -OCH3 is 1. The molecule has 5 nitrogen and oxygen atoms in total. The van der Waals surface area contributed by atoms with Crippen LogP contribution in [-0.2, 0) is 4.79 Å². The molecule has 0 aromatic heterocycles. The van der Waals surface area contributed by atoms with Crippen LogP contribution in [0.15, 0.2) is 48.5 Å². The van der Waals surface area contributed by atoms with E-state index in [2.05, 4.69) is 19.2 Å². The van der Waals surface area contributed by atoms with Crippen molar-refractivity contribution in [3.63, 3.8) is 0 Å². The van der Waals surface area contributed by atoms with Gasteiger partial charge in [-0.05, 0) is 37.5 Å². The summed E-state index contributed by atoms with van der Waals surface area (Å²) in [6.45, 7) is 6.21. The molecule has 1 heterocycles. The average Bonchev–Trinajstić information content (AvgIpc) is 2.77. The summed E-state index contributed by atoms with van der Waals surface area (Å²) < 4.78 is 17.7. The van der Waals surface area contributed by atoms with Crippen LogP contribution in [0.3, 0.4) is 0 Å². The van der Waals surface area contributed by atoms with Crippen molar-refractivity contribution in [2.75, 3.05) is 7.11 Å². The van der Waals surface area contributed by atoms with Crippen LogP contribution in [0, 0.1) is 0 Å². The molecule has 0 spiro atoms. The lowest BCUT2D eigenvalue weighted by Gasteiger charge is -2.42. The van der Waals surface area contributed by atoms with E-state index in [9.17, 15) is 4.79 Å². The van der Waals surface area contributed by atoms with Gasteiger partial charge in [-0.15, -0.1) is 0 Å². The lowest BCUT2D eigenvalue weighted by Crippen LogP contribution is -2.47. The van der Waals surface area contributed by atoms with Gasteiger partial charge >= 0.3 is 0 Å². The molecule has 2 aromatic rings. The second-order valence-corrected chi connectivity index (χ2v) is 7.46. The maximum absolute atomic E-state index is 13.1. The highest BCUT2D eigenvalue weighted by molar-refractivity contribution is 5.81. The minimum atomic E-state index is -0.598. The van der Waals surface area contributed by atoms with Crippen LogP contribution in [0.2, 0.25) is 0 Å². The Labute approximate surface area is 173 Å². The molecule has 5 heteroatoms. The Bertz CT molecular complexity index is 831. The molecule has 0 saturated heterocycles. The van der Waals surface area contributed by atoms with E-state index in [1.807, 2.05) is 55.5 Å². The molecule has 1 aliphatic rings. The monoisotopic (exact) mass is 397 g/mol. The molecule has 2 atom stereocenters. The summed E-state index contributed by atoms with van der Waals surface area (Å²) in [7, 11) is 1.59. The number of fused-ring (bicyclic) bond motifs is 1. The molecule has 1 amide bonds. The number of rotatable bonds is 8. The van der Waals surface area contributed by atoms with Gasteiger partial charge in [0.2, 0.25) is 0 Å². The van der Waals surface area contributed by atoms with E-state index in [4.69, 9.17) is 14.2 Å². The zero-order chi connectivity index (χ0) is 20.9. The van der Waals surface area contributed by atoms with Gasteiger partial charge in [0.15, 0.2) is 17.6 Å². The predicted octanol–water partition coefficient (Wildman–Crippen LogP) is 5.05. The molecule has 156 valence electrons. The van der Waals surface area contributed by atoms with Gasteiger partial charge in [0.1, 0.15) is 11.4 Å². The number of hydrogen-bond acceptors (Lipinski definition) is 4. The van der Waals surface area contributed by atoms with E-state index in [0.717, 1.165) is 30.6 Å². The SMILES string of the molecule is CC[C@@H](Oc1ccccc1OC)C(=O)N[C@H]1CC(CC)(CC)Oc2ccccc21. The summed E-state index contributed by atoms with van der Waals surface area (Å²) in [6, 6.07) is 15.2. The van der Waals surface area contributed by atoms with Crippen molar-refractivity contribution >= 4 is 5.91 Å². The molecule has 0 bridgehead atoms. The Balaban J connectivity index is 1.80. The first-order chi connectivity index (χ1) is 14.1. The molecular formula is C24H31NO4. The largest absolute Gasteiger partial charge is 0.493 e. The lowest BCUT2D eigenvalue weighted by atomic mass is 9.83. The average molecular weight is 398 g/mol. The number of carbonyl (C=O) groups is 1. The van der Waals surface area contributed by atoms with Crippen LogP contribution in [0.25, 0.3) is 0 Å². The number of ether oxygens (including phenoxy) is 3. The Morgan fingerprint density at radius 3 is 2.41 bits per heavy atom. The minimum absolute atomic E-state index is 0.109. The van der Waals surface area contributed by atoms with Crippen molar-refractivity contribution in [2.24, 2.45) is 0 Å². The fraction of sp³-hybridized carbons (Fsp3) is 0.458. The van der Waals surface area contributed by atoms with Crippen molar-refractivity contribution in [3.05, 3.63) is 54.1 Å². The number of benzene rings is 2. The van der Waals surface area contributed by atoms with Crippen molar-refractivity contribution in [2.45, 2.75) is 64.2 Å². The predicted molar refractivity (Wildman–Crippen MR) is 114 cm³/mol. The molecule has 0 radical (unpaired) electrons. The Hall–Kier alpha value is -2.69. The summed E-state index contributed by atoms with van der Waals surface area (Å²) >= 11 is 0. The molecular weight excluding hydrogens is 366 g/mol. The highest BCUT2D eigenvalue weighted by Crippen LogP contribution is 2.42. The van der Waals surface area contributed by atoms with Crippen LogP contribution in [-0.4, -0.2) is 24.7 Å². The lowest BCUT2D eigenvalue weighted by molar-refractivity contribution is -0.129. The van der Waals surface area contributed by atoms with Gasteiger partial charge in [-0.3, -0.25) is 4.79 Å². The summed E-state index contributed by atoms with van der Waals surface area (Å²) in [5.41, 5.74) is 0.753. The second kappa shape index (κ2) is 9.21. The first-order valence-electron chi connectivity index (χ1n) is 10.4. The summed E-state index contributed by atoms with van der Waals surface area (Å²) in [5.74, 6) is 1.92.